The van der Waals surface area contributed by atoms with Gasteiger partial charge in [-0.1, -0.05) is 46.0 Å². The largest absolute Gasteiger partial charge is 0.0654 e. The van der Waals surface area contributed by atoms with Gasteiger partial charge in [-0.3, -0.25) is 0 Å². The molecule has 0 nitrogen and oxygen atoms in total. The molecule has 0 radical (unpaired) electrons. The van der Waals surface area contributed by atoms with Crippen LogP contribution in [0.1, 0.15) is 70.7 Å². The molecular formula is C8H18. The van der Waals surface area contributed by atoms with Gasteiger partial charge in [-0.2, -0.15) is 0 Å². The maximum absolute atomic E-state index is 7.91. The van der Waals surface area contributed by atoms with E-state index in [2.05, 4.69) is 0 Å². The molecule has 0 aliphatic rings. The van der Waals surface area contributed by atoms with Crippen molar-refractivity contribution in [2.24, 2.45) is 5.89 Å². The highest BCUT2D eigenvalue weighted by molar-refractivity contribution is 4.47. The lowest BCUT2D eigenvalue weighted by molar-refractivity contribution is 0.492. The van der Waals surface area contributed by atoms with Crippen LogP contribution < -0.4 is 0 Å². The molecule has 1 unspecified atom stereocenters. The lowest BCUT2D eigenvalue weighted by Gasteiger charge is -2.04. The molecule has 1 atom stereocenters. The summed E-state index contributed by atoms with van der Waals surface area (Å²) in [6, 6.07) is 0. The molecule has 0 saturated heterocycles. The first-order valence-corrected chi connectivity index (χ1v) is 1.75. The minimum atomic E-state index is -4.42. The van der Waals surface area contributed by atoms with E-state index >= 15 is 0 Å². The smallest absolute Gasteiger partial charge is 0.0300 e. The molecule has 0 heteroatoms. The highest BCUT2D eigenvalue weighted by Crippen LogP contribution is 2.09. The summed E-state index contributed by atoms with van der Waals surface area (Å²) in [6.45, 7) is -11.8. The lowest BCUT2D eigenvalue weighted by atomic mass is 10.0. The average molecular weight is 132 g/mol. The van der Waals surface area contributed by atoms with Crippen LogP contribution in [0.3, 0.4) is 0 Å². The molecule has 0 amide bonds. The van der Waals surface area contributed by atoms with Crippen LogP contribution in [-0.2, 0) is 0 Å². The van der Waals surface area contributed by atoms with Gasteiger partial charge in [-0.25, -0.2) is 0 Å². The Morgan fingerprint density at radius 1 is 1.75 bits per heavy atom. The summed E-state index contributed by atoms with van der Waals surface area (Å²) in [5, 5.41) is 0. The standard InChI is InChI=1S/C8H18/c1-4-6-7-8(3)5-2/h8H,4-7H2,1-3H3/i1D3,2D3,3D3,4D2,5D2,6D2,7D2,8D. The van der Waals surface area contributed by atoms with Gasteiger partial charge in [0.25, 0.3) is 0 Å². The number of hydrogen-bond donors (Lipinski definition) is 0. The van der Waals surface area contributed by atoms with E-state index in [1.54, 1.807) is 0 Å². The second-order valence-electron chi connectivity index (χ2n) is 0.875. The summed E-state index contributed by atoms with van der Waals surface area (Å²) in [5.74, 6) is -4.39. The zero-order chi connectivity index (χ0) is 22.0. The Kier molecular flexibility index (Phi) is 0.403. The van der Waals surface area contributed by atoms with Gasteiger partial charge in [0.15, 0.2) is 0 Å². The average Bonchev–Trinajstić information content (AvgIpc) is 2.32. The molecule has 0 aromatic heterocycles. The topological polar surface area (TPSA) is 0 Å². The van der Waals surface area contributed by atoms with Crippen LogP contribution in [0.15, 0.2) is 0 Å². The third-order valence-electron chi connectivity index (χ3n) is 0.375. The highest BCUT2D eigenvalue weighted by Gasteiger charge is 1.94. The fourth-order valence-electron chi connectivity index (χ4n) is 0.125. The highest BCUT2D eigenvalue weighted by atomic mass is 14.0. The number of hydrogen-bond acceptors (Lipinski definition) is 0. The molecule has 0 rings (SSSR count). The van der Waals surface area contributed by atoms with Crippen molar-refractivity contribution in [3.63, 3.8) is 0 Å². The van der Waals surface area contributed by atoms with E-state index in [9.17, 15) is 0 Å². The molecule has 0 aromatic carbocycles. The zero-order valence-corrected chi connectivity index (χ0v) is 4.00. The second kappa shape index (κ2) is 5.14. The minimum Gasteiger partial charge on any atom is -0.0654 e. The summed E-state index contributed by atoms with van der Waals surface area (Å²) >= 11 is 0. The molecule has 0 aliphatic heterocycles. The van der Waals surface area contributed by atoms with Crippen LogP contribution in [0, 0.1) is 5.89 Å². The van der Waals surface area contributed by atoms with Gasteiger partial charge in [-0.15, -0.1) is 0 Å². The minimum absolute atomic E-state index is 3.83. The zero-order valence-electron chi connectivity index (χ0n) is 22.0. The van der Waals surface area contributed by atoms with Gasteiger partial charge in [0, 0.05) is 24.7 Å². The molecule has 0 aromatic rings. The van der Waals surface area contributed by atoms with E-state index in [0.717, 1.165) is 0 Å². The van der Waals surface area contributed by atoms with Crippen LogP contribution in [0.4, 0.5) is 0 Å². The van der Waals surface area contributed by atoms with Crippen LogP contribution >= 0.6 is 0 Å². The van der Waals surface area contributed by atoms with Crippen molar-refractivity contribution in [3.05, 3.63) is 0 Å². The monoisotopic (exact) mass is 132 g/mol. The van der Waals surface area contributed by atoms with E-state index in [1.807, 2.05) is 0 Å². The Bertz CT molecular complexity index is 515. The second-order valence-corrected chi connectivity index (χ2v) is 0.875. The van der Waals surface area contributed by atoms with E-state index in [-0.39, 0.29) is 0 Å². The maximum atomic E-state index is 7.91. The van der Waals surface area contributed by atoms with E-state index in [1.165, 1.54) is 0 Å². The van der Waals surface area contributed by atoms with Gasteiger partial charge >= 0.3 is 0 Å². The fourth-order valence-corrected chi connectivity index (χ4v) is 0.125. The third-order valence-corrected chi connectivity index (χ3v) is 0.375. The van der Waals surface area contributed by atoms with E-state index in [4.69, 9.17) is 24.7 Å². The predicted molar refractivity (Wildman–Crippen MR) is 39.0 cm³/mol. The Morgan fingerprint density at radius 2 is 2.75 bits per heavy atom. The van der Waals surface area contributed by atoms with Crippen molar-refractivity contribution >= 4 is 0 Å². The van der Waals surface area contributed by atoms with Gasteiger partial charge in [0.1, 0.15) is 0 Å². The van der Waals surface area contributed by atoms with E-state index in [0.29, 0.717) is 0 Å². The van der Waals surface area contributed by atoms with Gasteiger partial charge < -0.3 is 0 Å². The molecule has 0 N–H and O–H groups in total. The molecule has 0 spiro atoms. The molecule has 0 bridgehead atoms. The van der Waals surface area contributed by atoms with Gasteiger partial charge in [-0.05, 0) is 5.89 Å². The Hall–Kier alpha value is 0. The fraction of sp³-hybridized carbons (Fsp3) is 1.00. The molecule has 50 valence electrons. The van der Waals surface area contributed by atoms with Crippen molar-refractivity contribution in [2.75, 3.05) is 0 Å². The molecule has 0 heterocycles. The third kappa shape index (κ3) is 4.17. The van der Waals surface area contributed by atoms with Crippen molar-refractivity contribution < 1.29 is 24.7 Å². The normalized spacial score (nSPS) is 63.0. The summed E-state index contributed by atoms with van der Waals surface area (Å²) in [4.78, 5) is 0. The first-order chi connectivity index (χ1) is 10.8. The van der Waals surface area contributed by atoms with Crippen LogP contribution in [0.25, 0.3) is 0 Å². The van der Waals surface area contributed by atoms with Gasteiger partial charge in [0.05, 0.1) is 0 Å². The number of rotatable bonds is 4. The Morgan fingerprint density at radius 3 is 3.38 bits per heavy atom. The summed E-state index contributed by atoms with van der Waals surface area (Å²) in [7, 11) is 0. The molecule has 0 saturated carbocycles. The summed E-state index contributed by atoms with van der Waals surface area (Å²) < 4.78 is 133. The van der Waals surface area contributed by atoms with Crippen LogP contribution in [0.2, 0.25) is 0 Å². The SMILES string of the molecule is [2H]C([2H])([2H])C([2H])([2H])C([2H])([2H])C([2H])([2H])C([2H])(C([2H])([2H])[2H])C([2H])([2H])C([2H])([2H])[2H]. The van der Waals surface area contributed by atoms with Crippen LogP contribution in [0.5, 0.6) is 0 Å². The first kappa shape index (κ1) is 0.627. The quantitative estimate of drug-likeness (QED) is 0.551. The first-order valence-electron chi connectivity index (χ1n) is 10.8. The molecule has 8 heavy (non-hydrogen) atoms. The van der Waals surface area contributed by atoms with Gasteiger partial charge in [0.2, 0.25) is 0 Å². The van der Waals surface area contributed by atoms with Crippen molar-refractivity contribution in [2.45, 2.75) is 46.0 Å². The molecule has 0 fully saturated rings. The van der Waals surface area contributed by atoms with Crippen molar-refractivity contribution in [1.82, 2.24) is 0 Å². The maximum Gasteiger partial charge on any atom is 0.0300 e. The van der Waals surface area contributed by atoms with Crippen molar-refractivity contribution in [1.29, 1.82) is 0 Å². The summed E-state index contributed by atoms with van der Waals surface area (Å²) in [6.07, 6.45) is -17.0. The van der Waals surface area contributed by atoms with Crippen LogP contribution in [-0.4, -0.2) is 0 Å². The lowest BCUT2D eigenvalue weighted by Crippen LogP contribution is -1.89. The van der Waals surface area contributed by atoms with Crippen molar-refractivity contribution in [3.8, 4) is 0 Å². The molecule has 0 aliphatic carbocycles. The predicted octanol–water partition coefficient (Wildman–Crippen LogP) is 3.22. The van der Waals surface area contributed by atoms with E-state index < -0.39 is 51.9 Å². The molecular weight excluding hydrogens is 96.1 g/mol. The Labute approximate surface area is 78.6 Å². The summed E-state index contributed by atoms with van der Waals surface area (Å²) in [5.41, 5.74) is 0. The Balaban J connectivity index is 7.03.